The molecule has 1 aromatic rings. The number of benzene rings is 1. The molecule has 1 atom stereocenters. The first-order valence-electron chi connectivity index (χ1n) is 7.87. The quantitative estimate of drug-likeness (QED) is 0.846. The van der Waals surface area contributed by atoms with Gasteiger partial charge in [0.15, 0.2) is 0 Å². The number of hydrogen-bond acceptors (Lipinski definition) is 3. The van der Waals surface area contributed by atoms with Crippen LogP contribution in [0.3, 0.4) is 0 Å². The number of anilines is 1. The molecule has 4 heteroatoms. The molecule has 1 aliphatic rings. The van der Waals surface area contributed by atoms with E-state index >= 15 is 0 Å². The van der Waals surface area contributed by atoms with Crippen LogP contribution in [-0.2, 0) is 16.1 Å². The van der Waals surface area contributed by atoms with E-state index in [1.165, 1.54) is 5.56 Å². The summed E-state index contributed by atoms with van der Waals surface area (Å²) < 4.78 is 5.60. The molecule has 0 bridgehead atoms. The van der Waals surface area contributed by atoms with Gasteiger partial charge in [0.1, 0.15) is 0 Å². The van der Waals surface area contributed by atoms with Crippen molar-refractivity contribution in [2.24, 2.45) is 0 Å². The van der Waals surface area contributed by atoms with Gasteiger partial charge in [-0.3, -0.25) is 4.79 Å². The summed E-state index contributed by atoms with van der Waals surface area (Å²) >= 11 is 0. The maximum atomic E-state index is 12.1. The van der Waals surface area contributed by atoms with Crippen molar-refractivity contribution in [3.05, 3.63) is 29.8 Å². The average Bonchev–Trinajstić information content (AvgIpc) is 2.46. The van der Waals surface area contributed by atoms with Crippen LogP contribution in [0.1, 0.15) is 45.1 Å². The van der Waals surface area contributed by atoms with Crippen molar-refractivity contribution in [3.63, 3.8) is 0 Å². The van der Waals surface area contributed by atoms with Crippen molar-refractivity contribution in [2.45, 2.75) is 58.2 Å². The molecule has 1 amide bonds. The van der Waals surface area contributed by atoms with Crippen LogP contribution in [0.15, 0.2) is 24.3 Å². The van der Waals surface area contributed by atoms with E-state index in [1.807, 2.05) is 18.2 Å². The van der Waals surface area contributed by atoms with Gasteiger partial charge in [-0.2, -0.15) is 0 Å². The molecule has 21 heavy (non-hydrogen) atoms. The van der Waals surface area contributed by atoms with Gasteiger partial charge < -0.3 is 15.4 Å². The van der Waals surface area contributed by atoms with E-state index in [1.54, 1.807) is 0 Å². The van der Waals surface area contributed by atoms with Crippen LogP contribution >= 0.6 is 0 Å². The van der Waals surface area contributed by atoms with Gasteiger partial charge in [-0.1, -0.05) is 26.0 Å². The molecule has 0 radical (unpaired) electrons. The van der Waals surface area contributed by atoms with Crippen molar-refractivity contribution in [1.29, 1.82) is 0 Å². The first kappa shape index (κ1) is 16.0. The third-order valence-electron chi connectivity index (χ3n) is 3.61. The molecule has 0 spiro atoms. The van der Waals surface area contributed by atoms with Crippen molar-refractivity contribution in [2.75, 3.05) is 11.9 Å². The van der Waals surface area contributed by atoms with Crippen LogP contribution < -0.4 is 10.6 Å². The number of hydrogen-bond donors (Lipinski definition) is 2. The standard InChI is InChI=1S/C17H26N2O2/c1-13(2)18-12-14-6-5-7-15(10-14)19-17(20)11-16-8-3-4-9-21-16/h5-7,10,13,16,18H,3-4,8-9,11-12H2,1-2H3,(H,19,20). The summed E-state index contributed by atoms with van der Waals surface area (Å²) in [6.07, 6.45) is 3.81. The summed E-state index contributed by atoms with van der Waals surface area (Å²) in [5, 5.41) is 6.35. The molecular weight excluding hydrogens is 264 g/mol. The molecule has 2 rings (SSSR count). The minimum Gasteiger partial charge on any atom is -0.378 e. The Morgan fingerprint density at radius 1 is 1.38 bits per heavy atom. The minimum atomic E-state index is 0.0378. The highest BCUT2D eigenvalue weighted by atomic mass is 16.5. The lowest BCUT2D eigenvalue weighted by molar-refractivity contribution is -0.119. The molecule has 116 valence electrons. The molecule has 1 heterocycles. The molecule has 1 unspecified atom stereocenters. The highest BCUT2D eigenvalue weighted by Crippen LogP contribution is 2.17. The zero-order valence-electron chi connectivity index (χ0n) is 13.0. The van der Waals surface area contributed by atoms with E-state index in [0.29, 0.717) is 12.5 Å². The Hall–Kier alpha value is -1.39. The van der Waals surface area contributed by atoms with Gasteiger partial charge in [0, 0.05) is 24.9 Å². The molecular formula is C17H26N2O2. The van der Waals surface area contributed by atoms with Gasteiger partial charge in [-0.15, -0.1) is 0 Å². The van der Waals surface area contributed by atoms with Crippen LogP contribution in [0.4, 0.5) is 5.69 Å². The maximum absolute atomic E-state index is 12.1. The van der Waals surface area contributed by atoms with Crippen LogP contribution in [-0.4, -0.2) is 24.7 Å². The second-order valence-electron chi connectivity index (χ2n) is 5.98. The van der Waals surface area contributed by atoms with E-state index in [4.69, 9.17) is 4.74 Å². The summed E-state index contributed by atoms with van der Waals surface area (Å²) in [6, 6.07) is 8.44. The Balaban J connectivity index is 1.83. The van der Waals surface area contributed by atoms with E-state index in [9.17, 15) is 4.79 Å². The lowest BCUT2D eigenvalue weighted by Gasteiger charge is -2.22. The topological polar surface area (TPSA) is 50.4 Å². The van der Waals surface area contributed by atoms with Crippen molar-refractivity contribution in [3.8, 4) is 0 Å². The Morgan fingerprint density at radius 2 is 2.24 bits per heavy atom. The predicted molar refractivity (Wildman–Crippen MR) is 85.3 cm³/mol. The van der Waals surface area contributed by atoms with Crippen LogP contribution in [0.2, 0.25) is 0 Å². The number of rotatable bonds is 6. The number of nitrogens with one attached hydrogen (secondary N) is 2. The van der Waals surface area contributed by atoms with Gasteiger partial charge in [-0.05, 0) is 37.0 Å². The normalized spacial score (nSPS) is 18.7. The summed E-state index contributed by atoms with van der Waals surface area (Å²) in [7, 11) is 0. The Labute approximate surface area is 127 Å². The molecule has 1 aromatic carbocycles. The highest BCUT2D eigenvalue weighted by molar-refractivity contribution is 5.91. The third kappa shape index (κ3) is 5.86. The molecule has 0 aliphatic carbocycles. The van der Waals surface area contributed by atoms with Crippen molar-refractivity contribution >= 4 is 11.6 Å². The minimum absolute atomic E-state index is 0.0378. The second kappa shape index (κ2) is 8.15. The molecule has 1 aliphatic heterocycles. The number of ether oxygens (including phenoxy) is 1. The van der Waals surface area contributed by atoms with Gasteiger partial charge in [0.05, 0.1) is 12.5 Å². The molecule has 2 N–H and O–H groups in total. The van der Waals surface area contributed by atoms with Crippen LogP contribution in [0.25, 0.3) is 0 Å². The van der Waals surface area contributed by atoms with Crippen LogP contribution in [0.5, 0.6) is 0 Å². The number of carbonyl (C=O) groups excluding carboxylic acids is 1. The third-order valence-corrected chi connectivity index (χ3v) is 3.61. The first-order chi connectivity index (χ1) is 10.1. The smallest absolute Gasteiger partial charge is 0.226 e. The Morgan fingerprint density at radius 3 is 2.95 bits per heavy atom. The van der Waals surface area contributed by atoms with E-state index in [2.05, 4.69) is 30.5 Å². The monoisotopic (exact) mass is 290 g/mol. The summed E-state index contributed by atoms with van der Waals surface area (Å²) in [4.78, 5) is 12.1. The van der Waals surface area contributed by atoms with Gasteiger partial charge in [0.25, 0.3) is 0 Å². The SMILES string of the molecule is CC(C)NCc1cccc(NC(=O)CC2CCCCO2)c1. The van der Waals surface area contributed by atoms with Crippen molar-refractivity contribution < 1.29 is 9.53 Å². The van der Waals surface area contributed by atoms with E-state index in [-0.39, 0.29) is 12.0 Å². The fourth-order valence-electron chi connectivity index (χ4n) is 2.47. The summed E-state index contributed by atoms with van der Waals surface area (Å²) in [6.45, 7) is 5.84. The summed E-state index contributed by atoms with van der Waals surface area (Å²) in [5.74, 6) is 0.0378. The zero-order chi connectivity index (χ0) is 15.1. The Kier molecular flexibility index (Phi) is 6.21. The number of amides is 1. The first-order valence-corrected chi connectivity index (χ1v) is 7.87. The van der Waals surface area contributed by atoms with E-state index in [0.717, 1.165) is 38.1 Å². The molecule has 1 fully saturated rings. The molecule has 4 nitrogen and oxygen atoms in total. The lowest BCUT2D eigenvalue weighted by atomic mass is 10.1. The van der Waals surface area contributed by atoms with Crippen LogP contribution in [0, 0.1) is 0 Å². The van der Waals surface area contributed by atoms with E-state index < -0.39 is 0 Å². The maximum Gasteiger partial charge on any atom is 0.226 e. The zero-order valence-corrected chi connectivity index (χ0v) is 13.0. The average molecular weight is 290 g/mol. The number of carbonyl (C=O) groups is 1. The fourth-order valence-corrected chi connectivity index (χ4v) is 2.47. The highest BCUT2D eigenvalue weighted by Gasteiger charge is 2.17. The largest absolute Gasteiger partial charge is 0.378 e. The summed E-state index contributed by atoms with van der Waals surface area (Å²) in [5.41, 5.74) is 2.04. The van der Waals surface area contributed by atoms with Gasteiger partial charge >= 0.3 is 0 Å². The molecule has 1 saturated heterocycles. The fraction of sp³-hybridized carbons (Fsp3) is 0.588. The lowest BCUT2D eigenvalue weighted by Crippen LogP contribution is -2.25. The van der Waals surface area contributed by atoms with Gasteiger partial charge in [0.2, 0.25) is 5.91 Å². The predicted octanol–water partition coefficient (Wildman–Crippen LogP) is 3.08. The van der Waals surface area contributed by atoms with Crippen molar-refractivity contribution in [1.82, 2.24) is 5.32 Å². The molecule has 0 saturated carbocycles. The molecule has 0 aromatic heterocycles. The Bertz CT molecular complexity index is 454. The second-order valence-corrected chi connectivity index (χ2v) is 5.98. The van der Waals surface area contributed by atoms with Gasteiger partial charge in [-0.25, -0.2) is 0 Å².